The van der Waals surface area contributed by atoms with Crippen molar-refractivity contribution < 1.29 is 19.1 Å². The lowest BCUT2D eigenvalue weighted by Crippen LogP contribution is -2.21. The van der Waals surface area contributed by atoms with E-state index in [0.29, 0.717) is 32.9 Å². The fraction of sp³-hybridized carbons (Fsp3) is 0.0800. The number of amides is 1. The minimum atomic E-state index is -0.625. The summed E-state index contributed by atoms with van der Waals surface area (Å²) in [4.78, 5) is 29.9. The molecule has 0 aliphatic carbocycles. The Balaban J connectivity index is 1.56. The van der Waals surface area contributed by atoms with E-state index in [2.05, 4.69) is 26.2 Å². The third kappa shape index (κ3) is 5.32. The molecule has 1 aromatic heterocycles. The van der Waals surface area contributed by atoms with Gasteiger partial charge in [-0.05, 0) is 54.6 Å². The van der Waals surface area contributed by atoms with Crippen LogP contribution in [0.2, 0.25) is 5.02 Å². The zero-order valence-corrected chi connectivity index (χ0v) is 19.8. The normalized spacial score (nSPS) is 10.6. The highest BCUT2D eigenvalue weighted by Crippen LogP contribution is 2.27. The second-order valence-electron chi connectivity index (χ2n) is 7.05. The van der Waals surface area contributed by atoms with Crippen LogP contribution in [0.5, 0.6) is 5.75 Å². The first kappa shape index (κ1) is 22.8. The maximum Gasteiger partial charge on any atom is 0.339 e. The Morgan fingerprint density at radius 1 is 1.03 bits per heavy atom. The summed E-state index contributed by atoms with van der Waals surface area (Å²) in [7, 11) is 1.60. The van der Waals surface area contributed by atoms with Gasteiger partial charge in [-0.3, -0.25) is 4.79 Å². The van der Waals surface area contributed by atoms with Crippen LogP contribution in [-0.4, -0.2) is 30.6 Å². The van der Waals surface area contributed by atoms with Gasteiger partial charge in [-0.1, -0.05) is 45.7 Å². The number of carbonyl (C=O) groups excluding carboxylic acids is 2. The number of rotatable bonds is 6. The van der Waals surface area contributed by atoms with Gasteiger partial charge < -0.3 is 14.8 Å². The van der Waals surface area contributed by atoms with Gasteiger partial charge >= 0.3 is 5.97 Å². The molecule has 4 rings (SSSR count). The summed E-state index contributed by atoms with van der Waals surface area (Å²) in [6.45, 7) is -0.459. The molecule has 0 aliphatic heterocycles. The van der Waals surface area contributed by atoms with Crippen LogP contribution >= 0.6 is 27.5 Å². The molecule has 4 aromatic rings. The second kappa shape index (κ2) is 10.0. The minimum absolute atomic E-state index is 0.320. The minimum Gasteiger partial charge on any atom is -0.497 e. The predicted molar refractivity (Wildman–Crippen MR) is 132 cm³/mol. The molecule has 1 N–H and O–H groups in total. The van der Waals surface area contributed by atoms with Crippen LogP contribution < -0.4 is 10.1 Å². The standard InChI is InChI=1S/C25H18BrClN2O4/c1-32-17-9-6-15(7-10-17)23-13-19(18-4-2-3-5-21(18)28-23)25(31)33-14-24(30)29-22-11-8-16(26)12-20(22)27/h2-13H,14H2,1H3,(H,29,30). The van der Waals surface area contributed by atoms with Crippen molar-refractivity contribution in [2.24, 2.45) is 0 Å². The number of nitrogens with one attached hydrogen (secondary N) is 1. The van der Waals surface area contributed by atoms with Crippen LogP contribution in [0.15, 0.2) is 77.3 Å². The molecule has 0 saturated heterocycles. The fourth-order valence-corrected chi connectivity index (χ4v) is 3.96. The lowest BCUT2D eigenvalue weighted by Gasteiger charge is -2.11. The Hall–Kier alpha value is -3.42. The van der Waals surface area contributed by atoms with E-state index in [1.807, 2.05) is 42.5 Å². The van der Waals surface area contributed by atoms with Gasteiger partial charge in [0.1, 0.15) is 5.75 Å². The lowest BCUT2D eigenvalue weighted by molar-refractivity contribution is -0.119. The number of pyridine rings is 1. The Labute approximate surface area is 203 Å². The SMILES string of the molecule is COc1ccc(-c2cc(C(=O)OCC(=O)Nc3ccc(Br)cc3Cl)c3ccccc3n2)cc1. The van der Waals surface area contributed by atoms with E-state index in [4.69, 9.17) is 21.1 Å². The summed E-state index contributed by atoms with van der Waals surface area (Å²) in [5, 5.41) is 3.64. The van der Waals surface area contributed by atoms with E-state index in [1.165, 1.54) is 0 Å². The summed E-state index contributed by atoms with van der Waals surface area (Å²) in [5.41, 5.74) is 2.81. The van der Waals surface area contributed by atoms with Gasteiger partial charge in [0.2, 0.25) is 0 Å². The van der Waals surface area contributed by atoms with Gasteiger partial charge in [0.15, 0.2) is 6.61 Å². The van der Waals surface area contributed by atoms with Crippen molar-refractivity contribution in [2.75, 3.05) is 19.0 Å². The average molecular weight is 526 g/mol. The maximum atomic E-state index is 12.9. The molecular weight excluding hydrogens is 508 g/mol. The van der Waals surface area contributed by atoms with Crippen LogP contribution in [0.4, 0.5) is 5.69 Å². The van der Waals surface area contributed by atoms with Crippen LogP contribution in [0.3, 0.4) is 0 Å². The number of fused-ring (bicyclic) bond motifs is 1. The molecule has 0 saturated carbocycles. The summed E-state index contributed by atoms with van der Waals surface area (Å²) in [6, 6.07) is 21.4. The number of hydrogen-bond acceptors (Lipinski definition) is 5. The Kier molecular flexibility index (Phi) is 6.91. The van der Waals surface area contributed by atoms with Crippen LogP contribution in [0, 0.1) is 0 Å². The molecule has 0 atom stereocenters. The van der Waals surface area contributed by atoms with Crippen molar-refractivity contribution in [3.63, 3.8) is 0 Å². The number of benzene rings is 3. The van der Waals surface area contributed by atoms with E-state index < -0.39 is 18.5 Å². The van der Waals surface area contributed by atoms with Crippen LogP contribution in [-0.2, 0) is 9.53 Å². The molecule has 33 heavy (non-hydrogen) atoms. The first-order valence-corrected chi connectivity index (χ1v) is 11.1. The molecule has 6 nitrogen and oxygen atoms in total. The van der Waals surface area contributed by atoms with Gasteiger partial charge in [-0.25, -0.2) is 9.78 Å². The predicted octanol–water partition coefficient (Wildman–Crippen LogP) is 6.12. The number of aromatic nitrogens is 1. The highest BCUT2D eigenvalue weighted by atomic mass is 79.9. The average Bonchev–Trinajstić information content (AvgIpc) is 2.83. The molecule has 1 amide bonds. The number of para-hydroxylation sites is 1. The molecule has 0 fully saturated rings. The molecule has 0 radical (unpaired) electrons. The van der Waals surface area contributed by atoms with E-state index in [9.17, 15) is 9.59 Å². The van der Waals surface area contributed by atoms with E-state index in [-0.39, 0.29) is 0 Å². The second-order valence-corrected chi connectivity index (χ2v) is 8.37. The number of ether oxygens (including phenoxy) is 2. The quantitative estimate of drug-likeness (QED) is 0.307. The molecule has 0 aliphatic rings. The van der Waals surface area contributed by atoms with Crippen molar-refractivity contribution in [1.82, 2.24) is 4.98 Å². The highest BCUT2D eigenvalue weighted by Gasteiger charge is 2.17. The van der Waals surface area contributed by atoms with Crippen molar-refractivity contribution in [1.29, 1.82) is 0 Å². The molecule has 0 unspecified atom stereocenters. The van der Waals surface area contributed by atoms with Gasteiger partial charge in [-0.2, -0.15) is 0 Å². The number of esters is 1. The molecule has 0 spiro atoms. The van der Waals surface area contributed by atoms with E-state index in [0.717, 1.165) is 15.8 Å². The van der Waals surface area contributed by atoms with Crippen LogP contribution in [0.25, 0.3) is 22.2 Å². The molecule has 3 aromatic carbocycles. The van der Waals surface area contributed by atoms with Gasteiger partial charge in [0.25, 0.3) is 5.91 Å². The highest BCUT2D eigenvalue weighted by molar-refractivity contribution is 9.10. The third-order valence-corrected chi connectivity index (χ3v) is 5.67. The molecule has 8 heteroatoms. The van der Waals surface area contributed by atoms with Crippen molar-refractivity contribution in [3.8, 4) is 17.0 Å². The zero-order chi connectivity index (χ0) is 23.4. The summed E-state index contributed by atoms with van der Waals surface area (Å²) >= 11 is 9.43. The molecule has 1 heterocycles. The van der Waals surface area contributed by atoms with Gasteiger partial charge in [-0.15, -0.1) is 0 Å². The molecule has 0 bridgehead atoms. The monoisotopic (exact) mass is 524 g/mol. The largest absolute Gasteiger partial charge is 0.497 e. The summed E-state index contributed by atoms with van der Waals surface area (Å²) < 4.78 is 11.3. The number of methoxy groups -OCH3 is 1. The molecular formula is C25H18BrClN2O4. The Morgan fingerprint density at radius 2 is 1.79 bits per heavy atom. The van der Waals surface area contributed by atoms with Crippen LogP contribution in [0.1, 0.15) is 10.4 Å². The number of carbonyl (C=O) groups is 2. The number of nitrogens with zero attached hydrogens (tertiary/aromatic N) is 1. The third-order valence-electron chi connectivity index (χ3n) is 4.86. The number of anilines is 1. The lowest BCUT2D eigenvalue weighted by atomic mass is 10.0. The van der Waals surface area contributed by atoms with Crippen molar-refractivity contribution in [2.45, 2.75) is 0 Å². The first-order chi connectivity index (χ1) is 15.9. The Morgan fingerprint density at radius 3 is 2.52 bits per heavy atom. The van der Waals surface area contributed by atoms with E-state index in [1.54, 1.807) is 37.4 Å². The fourth-order valence-electron chi connectivity index (χ4n) is 3.24. The van der Waals surface area contributed by atoms with E-state index >= 15 is 0 Å². The smallest absolute Gasteiger partial charge is 0.339 e. The maximum absolute atomic E-state index is 12.9. The number of halogens is 2. The number of hydrogen-bond donors (Lipinski definition) is 1. The summed E-state index contributed by atoms with van der Waals surface area (Å²) in [5.74, 6) is -0.405. The Bertz CT molecular complexity index is 1340. The molecule has 166 valence electrons. The first-order valence-electron chi connectivity index (χ1n) is 9.91. The summed E-state index contributed by atoms with van der Waals surface area (Å²) in [6.07, 6.45) is 0. The van der Waals surface area contributed by atoms with Crippen molar-refractivity contribution >= 4 is 56.0 Å². The topological polar surface area (TPSA) is 77.5 Å². The van der Waals surface area contributed by atoms with Gasteiger partial charge in [0.05, 0.1) is 34.6 Å². The van der Waals surface area contributed by atoms with Gasteiger partial charge in [0, 0.05) is 15.4 Å². The van der Waals surface area contributed by atoms with Crippen molar-refractivity contribution in [3.05, 3.63) is 87.9 Å². The zero-order valence-electron chi connectivity index (χ0n) is 17.5.